The summed E-state index contributed by atoms with van der Waals surface area (Å²) >= 11 is 0. The predicted molar refractivity (Wildman–Crippen MR) is 58.8 cm³/mol. The Morgan fingerprint density at radius 3 is 2.53 bits per heavy atom. The molecule has 0 aromatic carbocycles. The van der Waals surface area contributed by atoms with Crippen LogP contribution in [0.1, 0.15) is 44.9 Å². The highest BCUT2D eigenvalue weighted by molar-refractivity contribution is 5.85. The Hall–Kier alpha value is -0.370. The number of hydrogen-bond donors (Lipinski definition) is 1. The lowest BCUT2D eigenvalue weighted by molar-refractivity contribution is -0.917. The van der Waals surface area contributed by atoms with Crippen LogP contribution in [-0.4, -0.2) is 24.9 Å². The second kappa shape index (κ2) is 3.89. The maximum absolute atomic E-state index is 12.2. The lowest BCUT2D eigenvalue weighted by atomic mass is 9.68. The monoisotopic (exact) mass is 208 g/mol. The molecule has 1 N–H and O–H groups in total. The lowest BCUT2D eigenvalue weighted by Crippen LogP contribution is -3.15. The fourth-order valence-corrected chi connectivity index (χ4v) is 4.13. The molecule has 0 radical (unpaired) electrons. The average Bonchev–Trinajstić information content (AvgIpc) is 2.70. The van der Waals surface area contributed by atoms with Crippen molar-refractivity contribution in [2.45, 2.75) is 51.0 Å². The number of rotatable bonds is 1. The molecule has 2 heteroatoms. The van der Waals surface area contributed by atoms with Crippen LogP contribution in [0.2, 0.25) is 0 Å². The van der Waals surface area contributed by atoms with Crippen molar-refractivity contribution in [3.05, 3.63) is 0 Å². The molecule has 3 fully saturated rings. The van der Waals surface area contributed by atoms with E-state index in [2.05, 4.69) is 0 Å². The topological polar surface area (TPSA) is 21.5 Å². The van der Waals surface area contributed by atoms with E-state index < -0.39 is 0 Å². The van der Waals surface area contributed by atoms with Crippen molar-refractivity contribution in [3.63, 3.8) is 0 Å². The quantitative estimate of drug-likeness (QED) is 0.677. The Balaban J connectivity index is 1.75. The van der Waals surface area contributed by atoms with Gasteiger partial charge in [0.2, 0.25) is 0 Å². The molecule has 2 nitrogen and oxygen atoms in total. The molecule has 2 bridgehead atoms. The number of fused-ring (bicyclic) bond motifs is 2. The minimum atomic E-state index is 0.450. The number of carbonyl (C=O) groups excluding carboxylic acids is 1. The molecule has 0 unspecified atom stereocenters. The van der Waals surface area contributed by atoms with Crippen LogP contribution in [0.5, 0.6) is 0 Å². The van der Waals surface area contributed by atoms with Gasteiger partial charge in [-0.15, -0.1) is 0 Å². The van der Waals surface area contributed by atoms with Crippen molar-refractivity contribution in [1.82, 2.24) is 0 Å². The van der Waals surface area contributed by atoms with Crippen molar-refractivity contribution >= 4 is 5.78 Å². The molecule has 0 aromatic rings. The summed E-state index contributed by atoms with van der Waals surface area (Å²) < 4.78 is 0. The van der Waals surface area contributed by atoms with Crippen molar-refractivity contribution in [2.24, 2.45) is 11.8 Å². The highest BCUT2D eigenvalue weighted by atomic mass is 16.1. The summed E-state index contributed by atoms with van der Waals surface area (Å²) in [5.74, 6) is 1.55. The summed E-state index contributed by atoms with van der Waals surface area (Å²) in [6.45, 7) is 2.66. The summed E-state index contributed by atoms with van der Waals surface area (Å²) in [5.41, 5.74) is 0. The molecule has 15 heavy (non-hydrogen) atoms. The van der Waals surface area contributed by atoms with Crippen LogP contribution in [0.4, 0.5) is 0 Å². The molecule has 1 aliphatic heterocycles. The maximum Gasteiger partial charge on any atom is 0.144 e. The molecule has 84 valence electrons. The first kappa shape index (κ1) is 9.83. The fraction of sp³-hybridized carbons (Fsp3) is 0.923. The lowest BCUT2D eigenvalue weighted by Gasteiger charge is -2.40. The van der Waals surface area contributed by atoms with E-state index in [1.165, 1.54) is 58.0 Å². The first-order chi connectivity index (χ1) is 7.36. The fourth-order valence-electron chi connectivity index (χ4n) is 4.13. The van der Waals surface area contributed by atoms with Crippen LogP contribution >= 0.6 is 0 Å². The van der Waals surface area contributed by atoms with Gasteiger partial charge in [-0.05, 0) is 19.3 Å². The number of likely N-dealkylation sites (tertiary alicyclic amines) is 1. The second-order valence-corrected chi connectivity index (χ2v) is 5.69. The minimum absolute atomic E-state index is 0.450. The van der Waals surface area contributed by atoms with Gasteiger partial charge in [-0.25, -0.2) is 0 Å². The van der Waals surface area contributed by atoms with Crippen LogP contribution in [0.3, 0.4) is 0 Å². The standard InChI is InChI=1S/C13H21NO/c15-13-10-4-3-5-11(13)12(7-6-10)14-8-1-2-9-14/h10-12H,1-9H2/p+1/t10-,11-,12+/m1/s1. The van der Waals surface area contributed by atoms with E-state index in [1.54, 1.807) is 4.90 Å². The van der Waals surface area contributed by atoms with Gasteiger partial charge in [0.25, 0.3) is 0 Å². The van der Waals surface area contributed by atoms with E-state index >= 15 is 0 Å². The van der Waals surface area contributed by atoms with Crippen molar-refractivity contribution in [2.75, 3.05) is 13.1 Å². The molecule has 1 heterocycles. The Morgan fingerprint density at radius 2 is 1.73 bits per heavy atom. The number of carbonyl (C=O) groups is 1. The summed E-state index contributed by atoms with van der Waals surface area (Å²) in [4.78, 5) is 13.9. The second-order valence-electron chi connectivity index (χ2n) is 5.69. The van der Waals surface area contributed by atoms with Crippen molar-refractivity contribution in [3.8, 4) is 0 Å². The van der Waals surface area contributed by atoms with Gasteiger partial charge < -0.3 is 4.90 Å². The Bertz CT molecular complexity index is 257. The van der Waals surface area contributed by atoms with E-state index in [0.29, 0.717) is 23.7 Å². The number of quaternary nitrogens is 1. The van der Waals surface area contributed by atoms with E-state index in [9.17, 15) is 4.79 Å². The highest BCUT2D eigenvalue weighted by Gasteiger charge is 2.45. The minimum Gasteiger partial charge on any atom is -0.332 e. The molecule has 1 saturated heterocycles. The Labute approximate surface area is 92.0 Å². The molecule has 2 aliphatic carbocycles. The molecule has 0 amide bonds. The van der Waals surface area contributed by atoms with Crippen molar-refractivity contribution in [1.29, 1.82) is 0 Å². The number of nitrogens with one attached hydrogen (secondary N) is 1. The van der Waals surface area contributed by atoms with E-state index in [0.717, 1.165) is 0 Å². The van der Waals surface area contributed by atoms with Gasteiger partial charge in [0, 0.05) is 25.2 Å². The molecular weight excluding hydrogens is 186 g/mol. The Kier molecular flexibility index (Phi) is 2.55. The number of ketones is 1. The predicted octanol–water partition coefficient (Wildman–Crippen LogP) is 0.813. The highest BCUT2D eigenvalue weighted by Crippen LogP contribution is 2.36. The van der Waals surface area contributed by atoms with E-state index in [1.807, 2.05) is 0 Å². The molecule has 2 saturated carbocycles. The van der Waals surface area contributed by atoms with Crippen LogP contribution in [0, 0.1) is 11.8 Å². The van der Waals surface area contributed by atoms with Gasteiger partial charge in [-0.1, -0.05) is 6.42 Å². The third kappa shape index (κ3) is 1.63. The zero-order valence-corrected chi connectivity index (χ0v) is 9.50. The van der Waals surface area contributed by atoms with Gasteiger partial charge in [0.15, 0.2) is 0 Å². The first-order valence-electron chi connectivity index (χ1n) is 6.74. The average molecular weight is 208 g/mol. The summed E-state index contributed by atoms with van der Waals surface area (Å²) in [6, 6.07) is 0.705. The zero-order valence-electron chi connectivity index (χ0n) is 9.50. The van der Waals surface area contributed by atoms with E-state index in [4.69, 9.17) is 0 Å². The first-order valence-corrected chi connectivity index (χ1v) is 6.74. The summed E-state index contributed by atoms with van der Waals surface area (Å²) in [5, 5.41) is 0. The molecule has 3 rings (SSSR count). The van der Waals surface area contributed by atoms with Gasteiger partial charge in [-0.3, -0.25) is 4.79 Å². The van der Waals surface area contributed by atoms with Crippen LogP contribution < -0.4 is 4.90 Å². The molecule has 3 atom stereocenters. The zero-order chi connectivity index (χ0) is 10.3. The third-order valence-corrected chi connectivity index (χ3v) is 4.92. The van der Waals surface area contributed by atoms with Gasteiger partial charge in [-0.2, -0.15) is 0 Å². The van der Waals surface area contributed by atoms with E-state index in [-0.39, 0.29) is 0 Å². The van der Waals surface area contributed by atoms with Crippen LogP contribution in [-0.2, 0) is 4.79 Å². The number of hydrogen-bond acceptors (Lipinski definition) is 1. The summed E-state index contributed by atoms with van der Waals surface area (Å²) in [6.07, 6.45) is 9.00. The van der Waals surface area contributed by atoms with Crippen molar-refractivity contribution < 1.29 is 9.69 Å². The maximum atomic E-state index is 12.2. The van der Waals surface area contributed by atoms with Crippen LogP contribution in [0.25, 0.3) is 0 Å². The third-order valence-electron chi connectivity index (χ3n) is 4.92. The molecule has 0 aromatic heterocycles. The van der Waals surface area contributed by atoms with Gasteiger partial charge >= 0.3 is 0 Å². The summed E-state index contributed by atoms with van der Waals surface area (Å²) in [7, 11) is 0. The van der Waals surface area contributed by atoms with Gasteiger partial charge in [0.1, 0.15) is 5.78 Å². The number of Topliss-reactive ketones (excluding diaryl/α,β-unsaturated/α-hetero) is 1. The molecule has 3 aliphatic rings. The van der Waals surface area contributed by atoms with Gasteiger partial charge in [0.05, 0.1) is 25.0 Å². The van der Waals surface area contributed by atoms with Crippen LogP contribution in [0.15, 0.2) is 0 Å². The largest absolute Gasteiger partial charge is 0.332 e. The smallest absolute Gasteiger partial charge is 0.144 e. The molecular formula is C13H22NO+. The normalized spacial score (nSPS) is 42.1. The molecule has 0 spiro atoms. The SMILES string of the molecule is O=C1[C@@H]2CCC[C@@H]1[C@@H]([NH+]1CCCC1)CC2. The Morgan fingerprint density at radius 1 is 0.933 bits per heavy atom.